The van der Waals surface area contributed by atoms with Crippen molar-refractivity contribution in [1.82, 2.24) is 0 Å². The topological polar surface area (TPSA) is 40.7 Å². The zero-order chi connectivity index (χ0) is 16.8. The third kappa shape index (κ3) is 5.96. The molecule has 0 saturated heterocycles. The summed E-state index contributed by atoms with van der Waals surface area (Å²) in [4.78, 5) is 0. The predicted octanol–water partition coefficient (Wildman–Crippen LogP) is 6.21. The van der Waals surface area contributed by atoms with Crippen LogP contribution in [0, 0.1) is 29.6 Å². The Bertz CT molecular complexity index is 403. The van der Waals surface area contributed by atoms with Crippen molar-refractivity contribution in [3.8, 4) is 0 Å². The van der Waals surface area contributed by atoms with Crippen LogP contribution in [0.3, 0.4) is 0 Å². The van der Waals surface area contributed by atoms with Crippen LogP contribution in [0.15, 0.2) is 24.8 Å². The van der Waals surface area contributed by atoms with Crippen LogP contribution in [0.25, 0.3) is 0 Å². The first-order chi connectivity index (χ1) is 11.8. The van der Waals surface area contributed by atoms with Crippen molar-refractivity contribution in [1.29, 1.82) is 0 Å². The maximum absolute atomic E-state index is 5.53. The average molecular weight is 353 g/mol. The Morgan fingerprint density at radius 3 is 1.52 bits per heavy atom. The SMILES string of the molecule is C=CC1CCC(/C=C/C2CCC(C3CCC(OC)CC3)CC2)CC1.O.[HH].[HH]. The van der Waals surface area contributed by atoms with Crippen molar-refractivity contribution < 1.29 is 13.1 Å². The molecule has 0 atom stereocenters. The number of methoxy groups -OCH3 is 1. The molecule has 0 aliphatic heterocycles. The lowest BCUT2D eigenvalue weighted by molar-refractivity contribution is 0.0405. The first-order valence-corrected chi connectivity index (χ1v) is 10.6. The van der Waals surface area contributed by atoms with Gasteiger partial charge in [-0.3, -0.25) is 0 Å². The minimum Gasteiger partial charge on any atom is -0.412 e. The molecular weight excluding hydrogens is 308 g/mol. The van der Waals surface area contributed by atoms with E-state index in [4.69, 9.17) is 4.74 Å². The van der Waals surface area contributed by atoms with E-state index in [9.17, 15) is 0 Å². The monoisotopic (exact) mass is 352 g/mol. The van der Waals surface area contributed by atoms with Gasteiger partial charge in [-0.05, 0) is 107 Å². The summed E-state index contributed by atoms with van der Waals surface area (Å²) >= 11 is 0. The lowest BCUT2D eigenvalue weighted by Crippen LogP contribution is -2.27. The van der Waals surface area contributed by atoms with Gasteiger partial charge in [-0.2, -0.15) is 0 Å². The summed E-state index contributed by atoms with van der Waals surface area (Å²) in [6.07, 6.45) is 24.6. The van der Waals surface area contributed by atoms with Crippen LogP contribution in [0.1, 0.15) is 79.9 Å². The van der Waals surface area contributed by atoms with Crippen LogP contribution in [0.2, 0.25) is 0 Å². The first-order valence-electron chi connectivity index (χ1n) is 10.6. The largest absolute Gasteiger partial charge is 0.412 e. The zero-order valence-corrected chi connectivity index (χ0v) is 16.3. The molecule has 0 aromatic heterocycles. The minimum absolute atomic E-state index is 0. The summed E-state index contributed by atoms with van der Waals surface area (Å²) in [6.45, 7) is 3.96. The summed E-state index contributed by atoms with van der Waals surface area (Å²) in [5.74, 6) is 4.52. The maximum atomic E-state index is 5.53. The van der Waals surface area contributed by atoms with Crippen molar-refractivity contribution in [2.75, 3.05) is 7.11 Å². The standard InChI is InChI=1S/C23H38O.H2O.2H2/c1-3-18-4-6-19(7-5-18)8-9-20-10-12-21(13-11-20)22-14-16-23(24-2)17-15-22;;;/h3,8-9,18-23H,1,4-7,10-17H2,2H3;1H2;2*1H/b9-8+;;;. The van der Waals surface area contributed by atoms with E-state index in [1.54, 1.807) is 0 Å². The molecule has 3 aliphatic rings. The van der Waals surface area contributed by atoms with E-state index in [0.717, 1.165) is 29.6 Å². The number of hydrogen-bond donors (Lipinski definition) is 0. The molecule has 25 heavy (non-hydrogen) atoms. The molecule has 0 spiro atoms. The Morgan fingerprint density at radius 1 is 0.680 bits per heavy atom. The molecule has 0 unspecified atom stereocenters. The van der Waals surface area contributed by atoms with E-state index < -0.39 is 0 Å². The highest BCUT2D eigenvalue weighted by molar-refractivity contribution is 4.98. The highest BCUT2D eigenvalue weighted by atomic mass is 16.5. The normalized spacial score (nSPS) is 39.7. The van der Waals surface area contributed by atoms with Gasteiger partial charge in [-0.15, -0.1) is 6.58 Å². The summed E-state index contributed by atoms with van der Waals surface area (Å²) in [6, 6.07) is 0. The Balaban J connectivity index is 0.00000225. The first kappa shape index (κ1) is 20.7. The molecule has 148 valence electrons. The number of hydrogen-bond acceptors (Lipinski definition) is 1. The third-order valence-corrected chi connectivity index (χ3v) is 7.34. The molecule has 3 aliphatic carbocycles. The molecule has 0 heterocycles. The summed E-state index contributed by atoms with van der Waals surface area (Å²) in [5, 5.41) is 0. The van der Waals surface area contributed by atoms with E-state index >= 15 is 0 Å². The molecule has 0 aromatic rings. The zero-order valence-electron chi connectivity index (χ0n) is 16.3. The van der Waals surface area contributed by atoms with Crippen LogP contribution in [0.4, 0.5) is 0 Å². The van der Waals surface area contributed by atoms with Crippen molar-refractivity contribution in [2.24, 2.45) is 29.6 Å². The number of rotatable bonds is 5. The summed E-state index contributed by atoms with van der Waals surface area (Å²) in [5.41, 5.74) is 0. The summed E-state index contributed by atoms with van der Waals surface area (Å²) in [7, 11) is 1.88. The second-order valence-electron chi connectivity index (χ2n) is 8.74. The Morgan fingerprint density at radius 2 is 1.08 bits per heavy atom. The van der Waals surface area contributed by atoms with Gasteiger partial charge in [0.05, 0.1) is 6.10 Å². The molecular formula is C23H44O2. The van der Waals surface area contributed by atoms with E-state index in [0.29, 0.717) is 6.10 Å². The third-order valence-electron chi connectivity index (χ3n) is 7.34. The highest BCUT2D eigenvalue weighted by Crippen LogP contribution is 2.41. The molecule has 3 saturated carbocycles. The molecule has 0 radical (unpaired) electrons. The fourth-order valence-corrected chi connectivity index (χ4v) is 5.49. The minimum atomic E-state index is 0. The van der Waals surface area contributed by atoms with E-state index in [1.807, 2.05) is 7.11 Å². The van der Waals surface area contributed by atoms with Gasteiger partial charge in [0.25, 0.3) is 0 Å². The van der Waals surface area contributed by atoms with E-state index in [1.165, 1.54) is 77.0 Å². The number of allylic oxidation sites excluding steroid dienone is 3. The predicted molar refractivity (Wildman–Crippen MR) is 111 cm³/mol. The quantitative estimate of drug-likeness (QED) is 0.542. The molecule has 3 fully saturated rings. The van der Waals surface area contributed by atoms with Crippen LogP contribution < -0.4 is 0 Å². The fraction of sp³-hybridized carbons (Fsp3) is 0.826. The molecule has 0 aromatic carbocycles. The smallest absolute Gasteiger partial charge is 0.0571 e. The Hall–Kier alpha value is -0.600. The maximum Gasteiger partial charge on any atom is 0.0571 e. The second-order valence-corrected chi connectivity index (χ2v) is 8.74. The summed E-state index contributed by atoms with van der Waals surface area (Å²) < 4.78 is 5.53. The lowest BCUT2D eigenvalue weighted by Gasteiger charge is -2.37. The molecule has 2 N–H and O–H groups in total. The molecule has 2 heteroatoms. The molecule has 3 rings (SSSR count). The fourth-order valence-electron chi connectivity index (χ4n) is 5.49. The van der Waals surface area contributed by atoms with Crippen molar-refractivity contribution in [2.45, 2.75) is 83.2 Å². The van der Waals surface area contributed by atoms with Gasteiger partial charge in [0.15, 0.2) is 0 Å². The van der Waals surface area contributed by atoms with Gasteiger partial charge in [-0.25, -0.2) is 0 Å². The van der Waals surface area contributed by atoms with Gasteiger partial charge in [0.2, 0.25) is 0 Å². The lowest BCUT2D eigenvalue weighted by atomic mass is 9.70. The van der Waals surface area contributed by atoms with Crippen molar-refractivity contribution in [3.63, 3.8) is 0 Å². The van der Waals surface area contributed by atoms with Gasteiger partial charge in [-0.1, -0.05) is 18.2 Å². The molecule has 0 amide bonds. The highest BCUT2D eigenvalue weighted by Gasteiger charge is 2.30. The van der Waals surface area contributed by atoms with Crippen LogP contribution >= 0.6 is 0 Å². The van der Waals surface area contributed by atoms with Gasteiger partial charge >= 0.3 is 0 Å². The van der Waals surface area contributed by atoms with Gasteiger partial charge in [0, 0.05) is 9.96 Å². The van der Waals surface area contributed by atoms with Crippen molar-refractivity contribution in [3.05, 3.63) is 24.8 Å². The van der Waals surface area contributed by atoms with Crippen LogP contribution in [-0.2, 0) is 4.74 Å². The van der Waals surface area contributed by atoms with E-state index in [-0.39, 0.29) is 8.33 Å². The Kier molecular flexibility index (Phi) is 8.72. The Labute approximate surface area is 158 Å². The second kappa shape index (κ2) is 10.5. The average Bonchev–Trinajstić information content (AvgIpc) is 2.67. The van der Waals surface area contributed by atoms with Crippen molar-refractivity contribution >= 4 is 0 Å². The molecule has 2 nitrogen and oxygen atoms in total. The van der Waals surface area contributed by atoms with E-state index in [2.05, 4.69) is 24.8 Å². The van der Waals surface area contributed by atoms with Gasteiger partial charge < -0.3 is 10.2 Å². The van der Waals surface area contributed by atoms with Gasteiger partial charge in [0.1, 0.15) is 0 Å². The van der Waals surface area contributed by atoms with Crippen LogP contribution in [0.5, 0.6) is 0 Å². The molecule has 0 bridgehead atoms. The van der Waals surface area contributed by atoms with Crippen LogP contribution in [-0.4, -0.2) is 18.7 Å². The number of ether oxygens (including phenoxy) is 1.